The van der Waals surface area contributed by atoms with Crippen LogP contribution >= 0.6 is 0 Å². The van der Waals surface area contributed by atoms with Gasteiger partial charge in [0.2, 0.25) is 0 Å². The Hall–Kier alpha value is -0.0800. The highest BCUT2D eigenvalue weighted by molar-refractivity contribution is 4.09. The average Bonchev–Trinajstić information content (AvgIpc) is 1.41. The number of hydrogen-bond donors (Lipinski definition) is 0. The van der Waals surface area contributed by atoms with Crippen LogP contribution in [-0.2, 0) is 0 Å². The number of nitrogens with zero attached hydrogens (tertiary/aromatic N) is 1. The summed E-state index contributed by atoms with van der Waals surface area (Å²) >= 11 is 0. The predicted molar refractivity (Wildman–Crippen MR) is 34.3 cm³/mol. The summed E-state index contributed by atoms with van der Waals surface area (Å²) in [6.45, 7) is 5.00. The van der Waals surface area contributed by atoms with Crippen molar-refractivity contribution in [2.75, 3.05) is 21.1 Å². The highest BCUT2D eigenvalue weighted by atomic mass is 16.0. The molecule has 1 radical (unpaired) electrons. The molecule has 0 atom stereocenters. The van der Waals surface area contributed by atoms with Crippen LogP contribution in [0.25, 0.3) is 0 Å². The Bertz CT molecular complexity index is 12.8. The van der Waals surface area contributed by atoms with E-state index in [2.05, 4.69) is 6.92 Å². The van der Waals surface area contributed by atoms with E-state index in [1.807, 2.05) is 26.0 Å². The van der Waals surface area contributed by atoms with Gasteiger partial charge in [0.25, 0.3) is 0 Å². The quantitative estimate of drug-likeness (QED) is 0.434. The van der Waals surface area contributed by atoms with Crippen molar-refractivity contribution in [3.8, 4) is 0 Å². The molecule has 0 spiro atoms. The van der Waals surface area contributed by atoms with E-state index in [0.29, 0.717) is 0 Å². The molecule has 2 nitrogen and oxygen atoms in total. The van der Waals surface area contributed by atoms with Crippen LogP contribution in [0.15, 0.2) is 0 Å². The Morgan fingerprint density at radius 3 is 1.00 bits per heavy atom. The van der Waals surface area contributed by atoms with Crippen molar-refractivity contribution in [1.29, 1.82) is 0 Å². The van der Waals surface area contributed by atoms with Crippen molar-refractivity contribution in [2.24, 2.45) is 0 Å². The van der Waals surface area contributed by atoms with Gasteiger partial charge in [-0.3, -0.25) is 0 Å². The zero-order valence-electron chi connectivity index (χ0n) is 5.65. The maximum Gasteiger partial charge on any atom is -0.0140 e. The molecule has 0 aliphatic carbocycles. The SMILES string of the molecule is CN(C)C.O.[CH2]C. The minimum Gasteiger partial charge on any atom is -0.412 e. The van der Waals surface area contributed by atoms with E-state index in [1.54, 1.807) is 6.92 Å². The van der Waals surface area contributed by atoms with Crippen molar-refractivity contribution in [3.05, 3.63) is 6.92 Å². The van der Waals surface area contributed by atoms with Crippen LogP contribution in [0.1, 0.15) is 6.92 Å². The van der Waals surface area contributed by atoms with Gasteiger partial charge >= 0.3 is 0 Å². The second-order valence-electron chi connectivity index (χ2n) is 1.34. The fourth-order valence-corrected chi connectivity index (χ4v) is 0. The topological polar surface area (TPSA) is 34.7 Å². The van der Waals surface area contributed by atoms with Crippen molar-refractivity contribution in [3.63, 3.8) is 0 Å². The van der Waals surface area contributed by atoms with Gasteiger partial charge < -0.3 is 10.4 Å². The Labute approximate surface area is 46.4 Å². The summed E-state index contributed by atoms with van der Waals surface area (Å²) in [5.41, 5.74) is 0. The van der Waals surface area contributed by atoms with Gasteiger partial charge in [0.05, 0.1) is 0 Å². The summed E-state index contributed by atoms with van der Waals surface area (Å²) in [5.74, 6) is 0. The van der Waals surface area contributed by atoms with Crippen LogP contribution in [0.4, 0.5) is 0 Å². The van der Waals surface area contributed by atoms with Gasteiger partial charge in [-0.05, 0) is 21.1 Å². The summed E-state index contributed by atoms with van der Waals surface area (Å²) < 4.78 is 0. The van der Waals surface area contributed by atoms with Crippen molar-refractivity contribution in [1.82, 2.24) is 4.90 Å². The minimum atomic E-state index is 0. The maximum atomic E-state index is 3.25. The van der Waals surface area contributed by atoms with Gasteiger partial charge in [-0.25, -0.2) is 0 Å². The zero-order valence-corrected chi connectivity index (χ0v) is 5.65. The number of rotatable bonds is 0. The zero-order chi connectivity index (χ0) is 5.58. The third-order valence-corrected chi connectivity index (χ3v) is 0. The highest BCUT2D eigenvalue weighted by Gasteiger charge is 1.58. The Morgan fingerprint density at radius 2 is 1.00 bits per heavy atom. The fraction of sp³-hybridized carbons (Fsp3) is 0.800. The first kappa shape index (κ1) is 15.8. The normalized spacial score (nSPS) is 6.00. The molecule has 0 fully saturated rings. The van der Waals surface area contributed by atoms with Crippen LogP contribution < -0.4 is 0 Å². The third kappa shape index (κ3) is 14200. The van der Waals surface area contributed by atoms with E-state index < -0.39 is 0 Å². The third-order valence-electron chi connectivity index (χ3n) is 0. The van der Waals surface area contributed by atoms with Crippen LogP contribution in [-0.4, -0.2) is 31.5 Å². The van der Waals surface area contributed by atoms with Gasteiger partial charge in [0.15, 0.2) is 0 Å². The van der Waals surface area contributed by atoms with Crippen molar-refractivity contribution < 1.29 is 5.48 Å². The second-order valence-corrected chi connectivity index (χ2v) is 1.34. The molecule has 0 aliphatic rings. The molecule has 47 valence electrons. The van der Waals surface area contributed by atoms with E-state index in [4.69, 9.17) is 0 Å². The standard InChI is InChI=1S/C3H9N.C2H5.H2O/c1-4(2)3;1-2;/h1-3H3;1H2,2H3;1H2. The molecule has 0 bridgehead atoms. The Kier molecular flexibility index (Phi) is 37.9. The summed E-state index contributed by atoms with van der Waals surface area (Å²) in [5, 5.41) is 0. The first-order valence-electron chi connectivity index (χ1n) is 2.05. The van der Waals surface area contributed by atoms with Gasteiger partial charge in [-0.1, -0.05) is 13.8 Å². The molecule has 0 unspecified atom stereocenters. The lowest BCUT2D eigenvalue weighted by molar-refractivity contribution is 0.505. The van der Waals surface area contributed by atoms with E-state index >= 15 is 0 Å². The molecule has 0 aromatic heterocycles. The molecule has 7 heavy (non-hydrogen) atoms. The maximum absolute atomic E-state index is 3.25. The fourth-order valence-electron chi connectivity index (χ4n) is 0. The summed E-state index contributed by atoms with van der Waals surface area (Å²) in [7, 11) is 6.00. The lowest BCUT2D eigenvalue weighted by atomic mass is 11.0. The van der Waals surface area contributed by atoms with E-state index in [1.165, 1.54) is 0 Å². The number of hydrogen-bond acceptors (Lipinski definition) is 1. The van der Waals surface area contributed by atoms with E-state index in [-0.39, 0.29) is 5.48 Å². The molecule has 0 aromatic carbocycles. The van der Waals surface area contributed by atoms with Crippen LogP contribution in [0.5, 0.6) is 0 Å². The minimum absolute atomic E-state index is 0. The molecule has 2 heteroatoms. The average molecular weight is 106 g/mol. The van der Waals surface area contributed by atoms with E-state index in [0.717, 1.165) is 0 Å². The molecule has 0 aliphatic heterocycles. The molecule has 0 amide bonds. The monoisotopic (exact) mass is 106 g/mol. The molecule has 0 aromatic rings. The highest BCUT2D eigenvalue weighted by Crippen LogP contribution is 1.47. The van der Waals surface area contributed by atoms with E-state index in [9.17, 15) is 0 Å². The summed E-state index contributed by atoms with van der Waals surface area (Å²) in [6.07, 6.45) is 0. The Balaban J connectivity index is -0.0000000480. The van der Waals surface area contributed by atoms with Gasteiger partial charge in [-0.15, -0.1) is 0 Å². The van der Waals surface area contributed by atoms with Crippen LogP contribution in [0.2, 0.25) is 0 Å². The summed E-state index contributed by atoms with van der Waals surface area (Å²) in [6, 6.07) is 0. The van der Waals surface area contributed by atoms with Crippen molar-refractivity contribution >= 4 is 0 Å². The Morgan fingerprint density at radius 1 is 1.00 bits per heavy atom. The first-order valence-corrected chi connectivity index (χ1v) is 2.05. The smallest absolute Gasteiger partial charge is 0.0140 e. The second kappa shape index (κ2) is 16.8. The largest absolute Gasteiger partial charge is 0.412 e. The molecular weight excluding hydrogens is 90.1 g/mol. The molecular formula is C5H16NO. The van der Waals surface area contributed by atoms with Gasteiger partial charge in [0, 0.05) is 0 Å². The lowest BCUT2D eigenvalue weighted by Crippen LogP contribution is -1.99. The molecule has 0 saturated carbocycles. The van der Waals surface area contributed by atoms with Crippen LogP contribution in [0, 0.1) is 6.92 Å². The molecule has 0 saturated heterocycles. The molecule has 2 N–H and O–H groups in total. The molecule has 0 heterocycles. The van der Waals surface area contributed by atoms with Gasteiger partial charge in [0.1, 0.15) is 0 Å². The lowest BCUT2D eigenvalue weighted by Gasteiger charge is -1.90. The molecule has 0 rings (SSSR count). The first-order chi connectivity index (χ1) is 2.73. The summed E-state index contributed by atoms with van der Waals surface area (Å²) in [4.78, 5) is 2.00. The van der Waals surface area contributed by atoms with Crippen LogP contribution in [0.3, 0.4) is 0 Å². The van der Waals surface area contributed by atoms with Gasteiger partial charge in [-0.2, -0.15) is 0 Å². The van der Waals surface area contributed by atoms with Crippen molar-refractivity contribution in [2.45, 2.75) is 6.92 Å². The predicted octanol–water partition coefficient (Wildman–Crippen LogP) is 0.193.